The van der Waals surface area contributed by atoms with Gasteiger partial charge in [-0.15, -0.1) is 0 Å². The van der Waals surface area contributed by atoms with Gasteiger partial charge in [-0.05, 0) is 66.9 Å². The first-order valence-corrected chi connectivity index (χ1v) is 13.9. The minimum atomic E-state index is -4.05. The van der Waals surface area contributed by atoms with Crippen LogP contribution < -0.4 is 5.32 Å². The van der Waals surface area contributed by atoms with Crippen LogP contribution in [0.5, 0.6) is 0 Å². The molecule has 1 amide bonds. The van der Waals surface area contributed by atoms with Gasteiger partial charge in [0, 0.05) is 10.9 Å². The number of hydrogen-bond acceptors (Lipinski definition) is 4. The second kappa shape index (κ2) is 10.2. The summed E-state index contributed by atoms with van der Waals surface area (Å²) in [6.07, 6.45) is 0.524. The summed E-state index contributed by atoms with van der Waals surface area (Å²) in [4.78, 5) is 43.2. The highest BCUT2D eigenvalue weighted by atomic mass is 35.5. The molecule has 0 bridgehead atoms. The van der Waals surface area contributed by atoms with Crippen LogP contribution in [0.2, 0.25) is 10.0 Å². The van der Waals surface area contributed by atoms with Gasteiger partial charge in [-0.3, -0.25) is 9.36 Å². The summed E-state index contributed by atoms with van der Waals surface area (Å²) in [7, 11) is -4.05. The Morgan fingerprint density at radius 1 is 0.946 bits per heavy atom. The first kappa shape index (κ1) is 25.4. The molecule has 5 rings (SSSR count). The second-order valence-electron chi connectivity index (χ2n) is 8.59. The number of H-pyrrole nitrogens is 1. The van der Waals surface area contributed by atoms with Gasteiger partial charge in [0.05, 0.1) is 38.3 Å². The fourth-order valence-corrected chi connectivity index (χ4v) is 5.36. The highest BCUT2D eigenvalue weighted by Crippen LogP contribution is 2.38. The van der Waals surface area contributed by atoms with Crippen LogP contribution >= 0.6 is 30.8 Å². The Morgan fingerprint density at radius 3 is 2.46 bits per heavy atom. The van der Waals surface area contributed by atoms with E-state index in [0.29, 0.717) is 56.7 Å². The Bertz CT molecular complexity index is 1680. The summed E-state index contributed by atoms with van der Waals surface area (Å²) in [6.45, 7) is 0. The maximum atomic E-state index is 12.9. The summed E-state index contributed by atoms with van der Waals surface area (Å²) >= 11 is 13.0. The molecule has 0 fully saturated rings. The number of carbonyl (C=O) groups excluding carboxylic acids is 1. The molecule has 5 aromatic rings. The van der Waals surface area contributed by atoms with E-state index < -0.39 is 7.60 Å². The number of amides is 1. The Balaban J connectivity index is 1.37. The van der Waals surface area contributed by atoms with Gasteiger partial charge >= 0.3 is 7.60 Å². The zero-order valence-corrected chi connectivity index (χ0v) is 21.7. The number of pyridine rings is 1. The topological polar surface area (TPSA) is 128 Å². The average Bonchev–Trinajstić information content (AvgIpc) is 3.25. The number of aromatic nitrogens is 3. The predicted octanol–water partition coefficient (Wildman–Crippen LogP) is 6.45. The number of hydrogen-bond donors (Lipinski definition) is 4. The predicted molar refractivity (Wildman–Crippen MR) is 146 cm³/mol. The number of nitrogens with zero attached hydrogens (tertiary/aromatic N) is 2. The van der Waals surface area contributed by atoms with Gasteiger partial charge in [-0.1, -0.05) is 41.4 Å². The number of aryl methyl sites for hydroxylation is 1. The first-order valence-electron chi connectivity index (χ1n) is 11.4. The van der Waals surface area contributed by atoms with Crippen LogP contribution in [-0.4, -0.2) is 36.8 Å². The van der Waals surface area contributed by atoms with Crippen molar-refractivity contribution in [2.24, 2.45) is 0 Å². The van der Waals surface area contributed by atoms with Crippen LogP contribution in [0, 0.1) is 0 Å². The first-order chi connectivity index (χ1) is 17.7. The summed E-state index contributed by atoms with van der Waals surface area (Å²) < 4.78 is 11.1. The Labute approximate surface area is 221 Å². The number of anilines is 1. The minimum absolute atomic E-state index is 0.208. The van der Waals surface area contributed by atoms with Crippen molar-refractivity contribution in [1.82, 2.24) is 15.0 Å². The molecule has 4 N–H and O–H groups in total. The van der Waals surface area contributed by atoms with Crippen LogP contribution in [0.3, 0.4) is 0 Å². The number of rotatable bonds is 7. The van der Waals surface area contributed by atoms with Crippen molar-refractivity contribution in [1.29, 1.82) is 0 Å². The van der Waals surface area contributed by atoms with E-state index in [1.807, 2.05) is 30.3 Å². The summed E-state index contributed by atoms with van der Waals surface area (Å²) in [5, 5.41) is 4.53. The highest BCUT2D eigenvalue weighted by molar-refractivity contribution is 7.51. The molecular formula is C26H21Cl2N4O4P. The monoisotopic (exact) mass is 554 g/mol. The molecule has 188 valence electrons. The van der Waals surface area contributed by atoms with E-state index in [2.05, 4.69) is 20.3 Å². The molecule has 37 heavy (non-hydrogen) atoms. The number of aromatic amines is 1. The molecule has 0 aliphatic carbocycles. The van der Waals surface area contributed by atoms with Crippen LogP contribution in [-0.2, 0) is 11.0 Å². The van der Waals surface area contributed by atoms with E-state index in [9.17, 15) is 9.36 Å². The number of imidazole rings is 1. The van der Waals surface area contributed by atoms with Crippen molar-refractivity contribution >= 4 is 64.5 Å². The number of halogens is 2. The third-order valence-electron chi connectivity index (χ3n) is 5.84. The Kier molecular flexibility index (Phi) is 7.03. The van der Waals surface area contributed by atoms with Gasteiger partial charge in [0.1, 0.15) is 11.6 Å². The molecule has 2 heterocycles. The van der Waals surface area contributed by atoms with E-state index in [-0.39, 0.29) is 12.1 Å². The number of carbonyl (C=O) groups is 1. The number of fused-ring (bicyclic) bond motifs is 2. The van der Waals surface area contributed by atoms with Crippen molar-refractivity contribution in [3.63, 3.8) is 0 Å². The lowest BCUT2D eigenvalue weighted by atomic mass is 10.1. The van der Waals surface area contributed by atoms with Crippen molar-refractivity contribution in [2.75, 3.05) is 11.5 Å². The van der Waals surface area contributed by atoms with Gasteiger partial charge in [-0.2, -0.15) is 0 Å². The van der Waals surface area contributed by atoms with Gasteiger partial charge in [0.15, 0.2) is 0 Å². The average molecular weight is 555 g/mol. The highest BCUT2D eigenvalue weighted by Gasteiger charge is 2.17. The van der Waals surface area contributed by atoms with Crippen molar-refractivity contribution in [3.05, 3.63) is 87.9 Å². The molecule has 0 radical (unpaired) electrons. The second-order valence-corrected chi connectivity index (χ2v) is 11.2. The van der Waals surface area contributed by atoms with E-state index in [0.717, 1.165) is 16.5 Å². The fourth-order valence-electron chi connectivity index (χ4n) is 4.08. The Hall–Kier alpha value is -3.26. The molecule has 3 aromatic carbocycles. The third-order valence-corrected chi connectivity index (χ3v) is 7.33. The van der Waals surface area contributed by atoms with Crippen molar-refractivity contribution in [2.45, 2.75) is 12.8 Å². The van der Waals surface area contributed by atoms with Crippen LogP contribution in [0.4, 0.5) is 5.82 Å². The van der Waals surface area contributed by atoms with Gasteiger partial charge in [0.25, 0.3) is 5.91 Å². The summed E-state index contributed by atoms with van der Waals surface area (Å²) in [5.74, 6) is 0.589. The zero-order chi connectivity index (χ0) is 26.2. The molecule has 0 aliphatic heterocycles. The standard InChI is InChI=1S/C26H21Cl2N4O4P/c27-18-12-15(4-3-11-37(34,35)36)13-19(28)24(18)25-30-21-9-7-17(14-22(21)31-25)26(33)32-23-10-8-16-5-1-2-6-20(16)29-23/h1-2,5-10,12-14H,3-4,11H2,(H,30,31)(H,29,32,33)(H2,34,35,36). The normalized spacial score (nSPS) is 11.8. The molecular weight excluding hydrogens is 534 g/mol. The van der Waals surface area contributed by atoms with E-state index in [1.54, 1.807) is 36.4 Å². The van der Waals surface area contributed by atoms with Crippen LogP contribution in [0.1, 0.15) is 22.3 Å². The minimum Gasteiger partial charge on any atom is -0.338 e. The number of benzene rings is 3. The maximum Gasteiger partial charge on any atom is 0.325 e. The van der Waals surface area contributed by atoms with E-state index >= 15 is 0 Å². The van der Waals surface area contributed by atoms with Gasteiger partial charge in [-0.25, -0.2) is 9.97 Å². The Morgan fingerprint density at radius 2 is 1.70 bits per heavy atom. The SMILES string of the molecule is O=C(Nc1ccc2ccccc2n1)c1ccc2nc(-c3c(Cl)cc(CCCP(=O)(O)O)cc3Cl)[nH]c2c1. The van der Waals surface area contributed by atoms with E-state index in [4.69, 9.17) is 33.0 Å². The van der Waals surface area contributed by atoms with Gasteiger partial charge in [0.2, 0.25) is 0 Å². The molecule has 0 saturated carbocycles. The molecule has 0 spiro atoms. The quantitative estimate of drug-likeness (QED) is 0.171. The fraction of sp³-hybridized carbons (Fsp3) is 0.115. The lowest BCUT2D eigenvalue weighted by Gasteiger charge is -2.09. The molecule has 0 aliphatic rings. The largest absolute Gasteiger partial charge is 0.338 e. The smallest absolute Gasteiger partial charge is 0.325 e. The lowest BCUT2D eigenvalue weighted by molar-refractivity contribution is 0.102. The molecule has 8 nitrogen and oxygen atoms in total. The van der Waals surface area contributed by atoms with E-state index in [1.165, 1.54) is 0 Å². The van der Waals surface area contributed by atoms with Crippen molar-refractivity contribution < 1.29 is 19.1 Å². The third kappa shape index (κ3) is 5.85. The maximum absolute atomic E-state index is 12.9. The van der Waals surface area contributed by atoms with Crippen LogP contribution in [0.25, 0.3) is 33.3 Å². The van der Waals surface area contributed by atoms with Crippen molar-refractivity contribution in [3.8, 4) is 11.4 Å². The molecule has 0 unspecified atom stereocenters. The number of para-hydroxylation sites is 1. The van der Waals surface area contributed by atoms with Gasteiger partial charge < -0.3 is 20.1 Å². The molecule has 0 atom stereocenters. The zero-order valence-electron chi connectivity index (χ0n) is 19.3. The number of nitrogens with one attached hydrogen (secondary N) is 2. The van der Waals surface area contributed by atoms with Crippen LogP contribution in [0.15, 0.2) is 66.7 Å². The molecule has 11 heteroatoms. The summed E-state index contributed by atoms with van der Waals surface area (Å²) in [5.41, 5.74) is 3.75. The molecule has 0 saturated heterocycles. The summed E-state index contributed by atoms with van der Waals surface area (Å²) in [6, 6.07) is 19.9. The molecule has 2 aromatic heterocycles. The lowest BCUT2D eigenvalue weighted by Crippen LogP contribution is -2.12.